The van der Waals surface area contributed by atoms with Gasteiger partial charge in [0.05, 0.1) is 38.5 Å². The number of amides is 2. The van der Waals surface area contributed by atoms with Crippen molar-refractivity contribution in [1.29, 1.82) is 0 Å². The molecule has 0 spiro atoms. The first-order chi connectivity index (χ1) is 30.5. The molecule has 64 heavy (non-hydrogen) atoms. The van der Waals surface area contributed by atoms with Crippen molar-refractivity contribution < 1.29 is 42.5 Å². The van der Waals surface area contributed by atoms with E-state index in [1.165, 1.54) is 0 Å². The molecule has 2 bridgehead atoms. The van der Waals surface area contributed by atoms with Crippen LogP contribution in [-0.2, 0) is 34.6 Å². The number of hydrogen-bond acceptors (Lipinski definition) is 9. The maximum Gasteiger partial charge on any atom is 0.407 e. The first kappa shape index (κ1) is 49.6. The molecule has 344 valence electrons. The lowest BCUT2D eigenvalue weighted by molar-refractivity contribution is -0.154. The summed E-state index contributed by atoms with van der Waals surface area (Å²) in [7, 11) is 2.36. The highest BCUT2D eigenvalue weighted by Crippen LogP contribution is 2.45. The highest BCUT2D eigenvalue weighted by Gasteiger charge is 2.42. The molecular formula is C52H68N2O9Si. The first-order valence-corrected chi connectivity index (χ1v) is 25.1. The van der Waals surface area contributed by atoms with Gasteiger partial charge in [-0.25, -0.2) is 9.59 Å². The van der Waals surface area contributed by atoms with E-state index in [0.717, 1.165) is 33.4 Å². The van der Waals surface area contributed by atoms with Crippen LogP contribution in [0.3, 0.4) is 0 Å². The highest BCUT2D eigenvalue weighted by atomic mass is 28.4. The maximum atomic E-state index is 14.0. The van der Waals surface area contributed by atoms with Crippen LogP contribution in [0.4, 0.5) is 10.5 Å². The lowest BCUT2D eigenvalue weighted by Crippen LogP contribution is -2.48. The van der Waals surface area contributed by atoms with Crippen molar-refractivity contribution in [2.75, 3.05) is 33.3 Å². The van der Waals surface area contributed by atoms with Crippen molar-refractivity contribution in [2.24, 2.45) is 5.92 Å². The molecule has 0 radical (unpaired) electrons. The summed E-state index contributed by atoms with van der Waals surface area (Å²) in [5, 5.41) is 5.63. The molecule has 2 aliphatic rings. The van der Waals surface area contributed by atoms with Gasteiger partial charge in [0.15, 0.2) is 8.32 Å². The van der Waals surface area contributed by atoms with Crippen molar-refractivity contribution in [1.82, 2.24) is 5.32 Å². The maximum absolute atomic E-state index is 14.0. The quantitative estimate of drug-likeness (QED) is 0.116. The van der Waals surface area contributed by atoms with Crippen LogP contribution in [0.5, 0.6) is 11.5 Å². The Morgan fingerprint density at radius 3 is 2.20 bits per heavy atom. The van der Waals surface area contributed by atoms with Crippen molar-refractivity contribution in [2.45, 2.75) is 116 Å². The SMILES string of the molecule is COc1cc2c(OC)c(c1)NC(=O)C[C@@H](OC)/C=C/C=C/C=C/C[C@H](OC(=O)[C@@H](C)NC(=O)OCC1c3ccccc3-c3ccccc31)[C@H](C)[C@@H](O[Si](C)(C)C(C)(C)C)/C(C)=C\CC2. The Labute approximate surface area is 381 Å². The van der Waals surface area contributed by atoms with Crippen molar-refractivity contribution in [3.05, 3.63) is 125 Å². The summed E-state index contributed by atoms with van der Waals surface area (Å²) in [5.74, 6) is -0.0810. The van der Waals surface area contributed by atoms with Gasteiger partial charge in [0, 0.05) is 37.0 Å². The van der Waals surface area contributed by atoms with Gasteiger partial charge in [-0.3, -0.25) is 4.79 Å². The number of fused-ring (bicyclic) bond motifs is 5. The number of hydrogen-bond donors (Lipinski definition) is 2. The number of nitrogens with one attached hydrogen (secondary N) is 2. The zero-order valence-corrected chi connectivity index (χ0v) is 40.5. The van der Waals surface area contributed by atoms with Crippen LogP contribution in [0.15, 0.2) is 109 Å². The summed E-state index contributed by atoms with van der Waals surface area (Å²) in [4.78, 5) is 40.5. The molecule has 0 fully saturated rings. The third kappa shape index (κ3) is 12.6. The lowest BCUT2D eigenvalue weighted by Gasteiger charge is -2.42. The van der Waals surface area contributed by atoms with Gasteiger partial charge in [0.1, 0.15) is 30.3 Å². The molecule has 5 atom stereocenters. The Bertz CT molecular complexity index is 2180. The molecule has 12 heteroatoms. The molecule has 0 saturated heterocycles. The van der Waals surface area contributed by atoms with E-state index >= 15 is 0 Å². The summed E-state index contributed by atoms with van der Waals surface area (Å²) in [6.07, 6.45) is 12.9. The largest absolute Gasteiger partial charge is 0.497 e. The minimum Gasteiger partial charge on any atom is -0.497 e. The summed E-state index contributed by atoms with van der Waals surface area (Å²) >= 11 is 0. The van der Waals surface area contributed by atoms with Crippen LogP contribution in [0, 0.1) is 5.92 Å². The van der Waals surface area contributed by atoms with Crippen molar-refractivity contribution >= 4 is 32.0 Å². The molecule has 2 amide bonds. The fraction of sp³-hybridized carbons (Fsp3) is 0.442. The zero-order chi connectivity index (χ0) is 46.6. The Balaban J connectivity index is 1.41. The second kappa shape index (κ2) is 22.5. The van der Waals surface area contributed by atoms with Crippen LogP contribution in [0.2, 0.25) is 18.1 Å². The van der Waals surface area contributed by atoms with E-state index < -0.39 is 44.7 Å². The summed E-state index contributed by atoms with van der Waals surface area (Å²) in [6.45, 7) is 16.9. The van der Waals surface area contributed by atoms with Crippen molar-refractivity contribution in [3.8, 4) is 22.6 Å². The average Bonchev–Trinajstić information content (AvgIpc) is 3.58. The van der Waals surface area contributed by atoms with Gasteiger partial charge in [0.25, 0.3) is 0 Å². The second-order valence-corrected chi connectivity index (χ2v) is 22.9. The molecule has 1 aliphatic heterocycles. The number of ether oxygens (including phenoxy) is 5. The smallest absolute Gasteiger partial charge is 0.407 e. The highest BCUT2D eigenvalue weighted by molar-refractivity contribution is 6.74. The Hall–Kier alpha value is -5.43. The number of esters is 1. The third-order valence-corrected chi connectivity index (χ3v) is 17.1. The molecule has 3 aromatic carbocycles. The van der Waals surface area contributed by atoms with E-state index in [2.05, 4.69) is 88.7 Å². The number of methoxy groups -OCH3 is 3. The fourth-order valence-electron chi connectivity index (χ4n) is 7.89. The third-order valence-electron chi connectivity index (χ3n) is 12.6. The van der Waals surface area contributed by atoms with Gasteiger partial charge < -0.3 is 38.7 Å². The number of aryl methyl sites for hydroxylation is 1. The molecule has 0 aromatic heterocycles. The average molecular weight is 893 g/mol. The second-order valence-electron chi connectivity index (χ2n) is 18.1. The summed E-state index contributed by atoms with van der Waals surface area (Å²) in [6, 6.07) is 19.0. The normalized spacial score (nSPS) is 22.7. The van der Waals surface area contributed by atoms with Gasteiger partial charge in [-0.1, -0.05) is 119 Å². The van der Waals surface area contributed by atoms with Crippen LogP contribution >= 0.6 is 0 Å². The zero-order valence-electron chi connectivity index (χ0n) is 39.5. The van der Waals surface area contributed by atoms with Gasteiger partial charge in [-0.2, -0.15) is 0 Å². The standard InChI is InChI=1S/C52H68N2O9Si/c1-34-22-21-23-37-30-39(59-8)31-45(49(37)60-9)54-47(55)32-38(58-7)24-15-13-12-14-16-29-46(35(2)48(34)63-64(10,11)52(4,5)6)62-50(56)36(3)53-51(57)61-33-44-42-27-19-17-25-40(42)41-26-18-20-28-43(41)44/h12-20,22,24-28,30-31,35-36,38,44,46,48H,21,23,29,32-33H2,1-11H3,(H,53,57)(H,54,55)/b13-12+,16-14+,24-15+,34-22-/t35-,36+,38-,46-,48-/m0/s1. The van der Waals surface area contributed by atoms with E-state index in [1.54, 1.807) is 34.3 Å². The molecule has 5 rings (SSSR count). The Morgan fingerprint density at radius 2 is 1.58 bits per heavy atom. The van der Waals surface area contributed by atoms with E-state index in [1.807, 2.05) is 66.8 Å². The summed E-state index contributed by atoms with van der Waals surface area (Å²) in [5.41, 5.74) is 6.85. The minimum atomic E-state index is -2.38. The van der Waals surface area contributed by atoms with Gasteiger partial charge in [0.2, 0.25) is 5.91 Å². The van der Waals surface area contributed by atoms with Gasteiger partial charge >= 0.3 is 12.1 Å². The molecule has 0 saturated carbocycles. The van der Waals surface area contributed by atoms with Crippen LogP contribution in [0.25, 0.3) is 11.1 Å². The fourth-order valence-corrected chi connectivity index (χ4v) is 9.28. The molecule has 3 aromatic rings. The lowest BCUT2D eigenvalue weighted by atomic mass is 9.90. The van der Waals surface area contributed by atoms with Crippen molar-refractivity contribution in [3.63, 3.8) is 0 Å². The van der Waals surface area contributed by atoms with Gasteiger partial charge in [-0.15, -0.1) is 0 Å². The number of anilines is 1. The topological polar surface area (TPSA) is 131 Å². The van der Waals surface area contributed by atoms with E-state index in [9.17, 15) is 14.4 Å². The number of benzene rings is 3. The molecule has 11 nitrogen and oxygen atoms in total. The van der Waals surface area contributed by atoms with E-state index in [4.69, 9.17) is 28.1 Å². The molecular weight excluding hydrogens is 825 g/mol. The predicted octanol–water partition coefficient (Wildman–Crippen LogP) is 10.9. The first-order valence-electron chi connectivity index (χ1n) is 22.2. The van der Waals surface area contributed by atoms with E-state index in [-0.39, 0.29) is 35.8 Å². The molecule has 1 heterocycles. The molecule has 2 N–H and O–H groups in total. The summed E-state index contributed by atoms with van der Waals surface area (Å²) < 4.78 is 36.4. The monoisotopic (exact) mass is 892 g/mol. The number of carbonyl (C=O) groups excluding carboxylic acids is 3. The molecule has 1 aliphatic carbocycles. The van der Waals surface area contributed by atoms with Crippen LogP contribution in [0.1, 0.15) is 83.4 Å². The number of alkyl carbamates (subject to hydrolysis) is 1. The Kier molecular flexibility index (Phi) is 17.4. The van der Waals surface area contributed by atoms with Crippen LogP contribution in [-0.4, -0.2) is 78.6 Å². The van der Waals surface area contributed by atoms with Gasteiger partial charge in [-0.05, 0) is 78.7 Å². The van der Waals surface area contributed by atoms with Crippen LogP contribution < -0.4 is 20.1 Å². The molecule has 0 unspecified atom stereocenters. The minimum absolute atomic E-state index is 0.0867. The number of allylic oxidation sites excluding steroid dienone is 5. The predicted molar refractivity (Wildman–Crippen MR) is 256 cm³/mol. The Morgan fingerprint density at radius 1 is 0.922 bits per heavy atom. The van der Waals surface area contributed by atoms with E-state index in [0.29, 0.717) is 36.4 Å². The number of rotatable bonds is 10. The number of carbonyl (C=O) groups is 3.